The molecule has 92 valence electrons. The summed E-state index contributed by atoms with van der Waals surface area (Å²) in [6.45, 7) is 3.96. The lowest BCUT2D eigenvalue weighted by atomic mass is 10.0. The average Bonchev–Trinajstić information content (AvgIpc) is 2.49. The molecule has 0 amide bonds. The first-order valence-corrected chi connectivity index (χ1v) is 4.94. The highest BCUT2D eigenvalue weighted by molar-refractivity contribution is 4.92. The van der Waals surface area contributed by atoms with Crippen molar-refractivity contribution < 1.29 is 17.7 Å². The summed E-state index contributed by atoms with van der Waals surface area (Å²) in [5.41, 5.74) is 5.72. The Bertz CT molecular complexity index is 335. The molecule has 0 saturated heterocycles. The predicted octanol–water partition coefficient (Wildman–Crippen LogP) is 2.00. The fourth-order valence-corrected chi connectivity index (χ4v) is 1.37. The summed E-state index contributed by atoms with van der Waals surface area (Å²) in [5.74, 6) is -0.945. The number of alkyl halides is 3. The zero-order valence-corrected chi connectivity index (χ0v) is 9.08. The van der Waals surface area contributed by atoms with Crippen LogP contribution in [0.4, 0.5) is 13.2 Å². The number of rotatable bonds is 4. The van der Waals surface area contributed by atoms with Crippen molar-refractivity contribution in [3.05, 3.63) is 11.7 Å². The number of nitrogens with zero attached hydrogens (tertiary/aromatic N) is 2. The van der Waals surface area contributed by atoms with Gasteiger partial charge in [0, 0.05) is 12.5 Å². The second-order valence-electron chi connectivity index (χ2n) is 4.10. The van der Waals surface area contributed by atoms with E-state index < -0.39 is 12.0 Å². The van der Waals surface area contributed by atoms with Crippen LogP contribution in [-0.2, 0) is 12.6 Å². The second kappa shape index (κ2) is 4.82. The lowest BCUT2D eigenvalue weighted by Gasteiger charge is -2.10. The fraction of sp³-hybridized carbons (Fsp3) is 0.778. The first-order valence-electron chi connectivity index (χ1n) is 4.94. The fourth-order valence-electron chi connectivity index (χ4n) is 1.37. The third-order valence-corrected chi connectivity index (χ3v) is 1.93. The van der Waals surface area contributed by atoms with E-state index in [4.69, 9.17) is 5.73 Å². The Morgan fingerprint density at radius 1 is 1.38 bits per heavy atom. The monoisotopic (exact) mass is 237 g/mol. The van der Waals surface area contributed by atoms with Gasteiger partial charge < -0.3 is 10.3 Å². The molecule has 0 fully saturated rings. The van der Waals surface area contributed by atoms with Crippen LogP contribution in [0.15, 0.2) is 4.52 Å². The predicted molar refractivity (Wildman–Crippen MR) is 50.4 cm³/mol. The van der Waals surface area contributed by atoms with Gasteiger partial charge >= 0.3 is 6.18 Å². The minimum Gasteiger partial charge on any atom is -0.339 e. The van der Waals surface area contributed by atoms with Gasteiger partial charge in [-0.1, -0.05) is 19.0 Å². The molecule has 1 aromatic rings. The molecule has 0 aliphatic carbocycles. The number of hydrogen-bond acceptors (Lipinski definition) is 4. The molecule has 0 bridgehead atoms. The van der Waals surface area contributed by atoms with Crippen molar-refractivity contribution in [3.8, 4) is 0 Å². The molecule has 1 heterocycles. The first-order chi connectivity index (χ1) is 7.29. The molecule has 0 radical (unpaired) electrons. The molecule has 1 atom stereocenters. The molecule has 1 unspecified atom stereocenters. The van der Waals surface area contributed by atoms with E-state index in [2.05, 4.69) is 14.7 Å². The Morgan fingerprint density at radius 2 is 2.00 bits per heavy atom. The molecule has 0 aliphatic rings. The summed E-state index contributed by atoms with van der Waals surface area (Å²) < 4.78 is 40.9. The largest absolute Gasteiger partial charge is 0.455 e. The van der Waals surface area contributed by atoms with Crippen LogP contribution in [0.25, 0.3) is 0 Å². The van der Waals surface area contributed by atoms with Crippen LogP contribution in [0.3, 0.4) is 0 Å². The molecule has 0 spiro atoms. The van der Waals surface area contributed by atoms with Gasteiger partial charge in [-0.2, -0.15) is 18.2 Å². The topological polar surface area (TPSA) is 64.9 Å². The molecular formula is C9H14F3N3O. The quantitative estimate of drug-likeness (QED) is 0.869. The van der Waals surface area contributed by atoms with Gasteiger partial charge in [-0.3, -0.25) is 0 Å². The number of hydrogen-bond donors (Lipinski definition) is 1. The van der Waals surface area contributed by atoms with Crippen LogP contribution >= 0.6 is 0 Å². The van der Waals surface area contributed by atoms with Crippen LogP contribution < -0.4 is 5.73 Å². The van der Waals surface area contributed by atoms with Crippen molar-refractivity contribution in [3.63, 3.8) is 0 Å². The highest BCUT2D eigenvalue weighted by Crippen LogP contribution is 2.26. The Balaban J connectivity index is 2.59. The van der Waals surface area contributed by atoms with Gasteiger partial charge in [0.05, 0.1) is 0 Å². The van der Waals surface area contributed by atoms with Crippen molar-refractivity contribution in [2.24, 2.45) is 11.7 Å². The number of halogens is 3. The molecule has 0 aromatic carbocycles. The van der Waals surface area contributed by atoms with Crippen molar-refractivity contribution in [2.75, 3.05) is 0 Å². The second-order valence-corrected chi connectivity index (χ2v) is 4.10. The summed E-state index contributed by atoms with van der Waals surface area (Å²) in [7, 11) is 0. The summed E-state index contributed by atoms with van der Waals surface area (Å²) in [5, 5.41) is 2.85. The maximum Gasteiger partial charge on any atom is 0.455 e. The SMILES string of the molecule is CC(C)CC(N)Cc1nc(C(F)(F)F)no1. The van der Waals surface area contributed by atoms with Crippen molar-refractivity contribution in [1.29, 1.82) is 0 Å². The lowest BCUT2D eigenvalue weighted by Crippen LogP contribution is -2.24. The van der Waals surface area contributed by atoms with E-state index in [0.717, 1.165) is 0 Å². The summed E-state index contributed by atoms with van der Waals surface area (Å²) in [4.78, 5) is 3.25. The first kappa shape index (κ1) is 13.0. The molecule has 1 rings (SSSR count). The third-order valence-electron chi connectivity index (χ3n) is 1.93. The summed E-state index contributed by atoms with van der Waals surface area (Å²) in [6.07, 6.45) is -3.70. The molecule has 7 heteroatoms. The molecule has 0 saturated carbocycles. The highest BCUT2D eigenvalue weighted by Gasteiger charge is 2.37. The lowest BCUT2D eigenvalue weighted by molar-refractivity contribution is -0.146. The van der Waals surface area contributed by atoms with E-state index in [9.17, 15) is 13.2 Å². The van der Waals surface area contributed by atoms with Crippen molar-refractivity contribution in [1.82, 2.24) is 10.1 Å². The van der Waals surface area contributed by atoms with Gasteiger partial charge in [-0.15, -0.1) is 0 Å². The van der Waals surface area contributed by atoms with Gasteiger partial charge in [0.15, 0.2) is 0 Å². The van der Waals surface area contributed by atoms with E-state index in [0.29, 0.717) is 12.3 Å². The van der Waals surface area contributed by atoms with Crippen LogP contribution in [0, 0.1) is 5.92 Å². The minimum absolute atomic E-state index is 0.0690. The summed E-state index contributed by atoms with van der Waals surface area (Å²) >= 11 is 0. The van der Waals surface area contributed by atoms with Crippen LogP contribution in [0.1, 0.15) is 32.0 Å². The standard InChI is InChI=1S/C9H14F3N3O/c1-5(2)3-6(13)4-7-14-8(15-16-7)9(10,11)12/h5-6H,3-4,13H2,1-2H3. The van der Waals surface area contributed by atoms with Gasteiger partial charge in [-0.05, 0) is 12.3 Å². The van der Waals surface area contributed by atoms with Gasteiger partial charge in [0.25, 0.3) is 5.82 Å². The van der Waals surface area contributed by atoms with Crippen LogP contribution in [0.2, 0.25) is 0 Å². The van der Waals surface area contributed by atoms with Crippen molar-refractivity contribution >= 4 is 0 Å². The van der Waals surface area contributed by atoms with Crippen molar-refractivity contribution in [2.45, 2.75) is 38.9 Å². The summed E-state index contributed by atoms with van der Waals surface area (Å²) in [6, 6.07) is -0.262. The molecule has 1 aromatic heterocycles. The number of aromatic nitrogens is 2. The Kier molecular flexibility index (Phi) is 3.90. The van der Waals surface area contributed by atoms with E-state index in [-0.39, 0.29) is 18.4 Å². The average molecular weight is 237 g/mol. The van der Waals surface area contributed by atoms with Crippen LogP contribution in [-0.4, -0.2) is 16.2 Å². The van der Waals surface area contributed by atoms with E-state index in [1.165, 1.54) is 0 Å². The zero-order valence-electron chi connectivity index (χ0n) is 9.08. The van der Waals surface area contributed by atoms with E-state index >= 15 is 0 Å². The zero-order chi connectivity index (χ0) is 12.3. The highest BCUT2D eigenvalue weighted by atomic mass is 19.4. The normalized spacial score (nSPS) is 14.4. The van der Waals surface area contributed by atoms with Gasteiger partial charge in [-0.25, -0.2) is 0 Å². The maximum atomic E-state index is 12.1. The third kappa shape index (κ3) is 3.80. The van der Waals surface area contributed by atoms with Gasteiger partial charge in [0.1, 0.15) is 0 Å². The molecule has 0 aliphatic heterocycles. The minimum atomic E-state index is -4.57. The molecule has 16 heavy (non-hydrogen) atoms. The van der Waals surface area contributed by atoms with Gasteiger partial charge in [0.2, 0.25) is 5.89 Å². The Morgan fingerprint density at radius 3 is 2.44 bits per heavy atom. The van der Waals surface area contributed by atoms with E-state index in [1.54, 1.807) is 0 Å². The Hall–Kier alpha value is -1.11. The molecular weight excluding hydrogens is 223 g/mol. The number of nitrogens with two attached hydrogens (primary N) is 1. The van der Waals surface area contributed by atoms with Crippen LogP contribution in [0.5, 0.6) is 0 Å². The molecule has 2 N–H and O–H groups in total. The molecule has 4 nitrogen and oxygen atoms in total. The smallest absolute Gasteiger partial charge is 0.339 e. The maximum absolute atomic E-state index is 12.1. The Labute approximate surface area is 91.0 Å². The van der Waals surface area contributed by atoms with E-state index in [1.807, 2.05) is 13.8 Å².